The van der Waals surface area contributed by atoms with E-state index in [0.717, 1.165) is 6.42 Å². The zero-order valence-corrected chi connectivity index (χ0v) is 7.04. The number of hydrogen-bond donors (Lipinski definition) is 1. The van der Waals surface area contributed by atoms with Crippen molar-refractivity contribution in [2.24, 2.45) is 0 Å². The lowest BCUT2D eigenvalue weighted by Crippen LogP contribution is -2.57. The van der Waals surface area contributed by atoms with E-state index < -0.39 is 0 Å². The second-order valence-corrected chi connectivity index (χ2v) is 2.65. The Labute approximate surface area is 71.2 Å². The number of amides is 2. The molecule has 4 nitrogen and oxygen atoms in total. The molecule has 1 unspecified atom stereocenters. The van der Waals surface area contributed by atoms with Crippen LogP contribution in [0.4, 0.5) is 0 Å². The largest absolute Gasteiger partial charge is 0.357 e. The molecule has 1 saturated heterocycles. The number of carbonyl (C=O) groups excluding carboxylic acids is 2. The van der Waals surface area contributed by atoms with Gasteiger partial charge in [-0.1, -0.05) is 6.58 Å². The third-order valence-electron chi connectivity index (χ3n) is 2.03. The van der Waals surface area contributed by atoms with E-state index in [1.807, 2.05) is 0 Å². The molecular formula is C8H12N2O2. The van der Waals surface area contributed by atoms with Gasteiger partial charge in [0.05, 0.1) is 0 Å². The molecule has 0 aromatic carbocycles. The number of hydrogen-bond acceptors (Lipinski definition) is 2. The van der Waals surface area contributed by atoms with Gasteiger partial charge in [-0.05, 0) is 12.5 Å². The molecule has 0 radical (unpaired) electrons. The van der Waals surface area contributed by atoms with E-state index in [0.29, 0.717) is 6.54 Å². The van der Waals surface area contributed by atoms with Crippen LogP contribution in [0, 0.1) is 0 Å². The average Bonchev–Trinajstić information content (AvgIpc) is 2.02. The Bertz CT molecular complexity index is 225. The maximum atomic E-state index is 11.1. The van der Waals surface area contributed by atoms with Gasteiger partial charge in [-0.25, -0.2) is 0 Å². The van der Waals surface area contributed by atoms with Crippen molar-refractivity contribution >= 4 is 11.8 Å². The van der Waals surface area contributed by atoms with Crippen molar-refractivity contribution in [2.45, 2.75) is 12.5 Å². The fourth-order valence-electron chi connectivity index (χ4n) is 1.21. The van der Waals surface area contributed by atoms with Crippen LogP contribution in [0.2, 0.25) is 0 Å². The summed E-state index contributed by atoms with van der Waals surface area (Å²) in [4.78, 5) is 23.6. The predicted octanol–water partition coefficient (Wildman–Crippen LogP) is -0.481. The first-order valence-corrected chi connectivity index (χ1v) is 3.85. The normalized spacial score (nSPS) is 21.1. The molecule has 2 amide bonds. The molecule has 66 valence electrons. The van der Waals surface area contributed by atoms with Crippen LogP contribution >= 0.6 is 0 Å². The van der Waals surface area contributed by atoms with E-state index in [9.17, 15) is 9.59 Å². The predicted molar refractivity (Wildman–Crippen MR) is 44.4 cm³/mol. The summed E-state index contributed by atoms with van der Waals surface area (Å²) in [6, 6.07) is -0.277. The molecule has 1 fully saturated rings. The number of nitrogens with one attached hydrogen (secondary N) is 1. The molecule has 1 N–H and O–H groups in total. The fraction of sp³-hybridized carbons (Fsp3) is 0.500. The Morgan fingerprint density at radius 3 is 2.67 bits per heavy atom. The Morgan fingerprint density at radius 1 is 1.67 bits per heavy atom. The summed E-state index contributed by atoms with van der Waals surface area (Å²) in [6.07, 6.45) is 1.98. The summed E-state index contributed by atoms with van der Waals surface area (Å²) < 4.78 is 0. The summed E-state index contributed by atoms with van der Waals surface area (Å²) in [7, 11) is 1.57. The number of likely N-dealkylation sites (tertiary alicyclic amines) is 1. The van der Waals surface area contributed by atoms with Crippen LogP contribution in [0.25, 0.3) is 0 Å². The zero-order chi connectivity index (χ0) is 9.14. The van der Waals surface area contributed by atoms with E-state index in [4.69, 9.17) is 0 Å². The second kappa shape index (κ2) is 3.38. The molecule has 1 aliphatic heterocycles. The summed E-state index contributed by atoms with van der Waals surface area (Å²) in [6.45, 7) is 4.02. The van der Waals surface area contributed by atoms with Gasteiger partial charge in [-0.15, -0.1) is 0 Å². The van der Waals surface area contributed by atoms with Crippen molar-refractivity contribution in [3.05, 3.63) is 12.7 Å². The minimum absolute atomic E-state index is 0.101. The third-order valence-corrected chi connectivity index (χ3v) is 2.03. The highest BCUT2D eigenvalue weighted by Gasteiger charge is 2.35. The van der Waals surface area contributed by atoms with Crippen LogP contribution < -0.4 is 5.32 Å². The number of carbonyl (C=O) groups is 2. The van der Waals surface area contributed by atoms with Gasteiger partial charge in [-0.2, -0.15) is 0 Å². The minimum Gasteiger partial charge on any atom is -0.357 e. The lowest BCUT2D eigenvalue weighted by Gasteiger charge is -2.38. The maximum absolute atomic E-state index is 11.1. The quantitative estimate of drug-likeness (QED) is 0.566. The lowest BCUT2D eigenvalue weighted by molar-refractivity contribution is -0.143. The Hall–Kier alpha value is -1.32. The van der Waals surface area contributed by atoms with E-state index in [-0.39, 0.29) is 17.9 Å². The molecule has 1 aliphatic rings. The topological polar surface area (TPSA) is 49.4 Å². The second-order valence-electron chi connectivity index (χ2n) is 2.65. The van der Waals surface area contributed by atoms with Gasteiger partial charge in [0.25, 0.3) is 0 Å². The van der Waals surface area contributed by atoms with Crippen molar-refractivity contribution in [1.29, 1.82) is 0 Å². The third kappa shape index (κ3) is 1.32. The number of likely N-dealkylation sites (N-methyl/N-ethyl adjacent to an activating group) is 1. The zero-order valence-electron chi connectivity index (χ0n) is 7.04. The Morgan fingerprint density at radius 2 is 2.33 bits per heavy atom. The molecule has 0 saturated carbocycles. The summed E-state index contributed by atoms with van der Waals surface area (Å²) in [5.41, 5.74) is 0. The van der Waals surface area contributed by atoms with Crippen molar-refractivity contribution in [3.63, 3.8) is 0 Å². The maximum Gasteiger partial charge on any atom is 0.246 e. The van der Waals surface area contributed by atoms with Crippen LogP contribution in [-0.2, 0) is 9.59 Å². The SMILES string of the molecule is C=CC(=O)N1CCC1C(=O)NC. The molecule has 1 atom stereocenters. The van der Waals surface area contributed by atoms with E-state index >= 15 is 0 Å². The van der Waals surface area contributed by atoms with Crippen molar-refractivity contribution < 1.29 is 9.59 Å². The minimum atomic E-state index is -0.277. The van der Waals surface area contributed by atoms with Crippen LogP contribution in [-0.4, -0.2) is 36.3 Å². The molecule has 0 aromatic heterocycles. The Kier molecular flexibility index (Phi) is 2.47. The fourth-order valence-corrected chi connectivity index (χ4v) is 1.21. The molecule has 0 aliphatic carbocycles. The molecule has 12 heavy (non-hydrogen) atoms. The van der Waals surface area contributed by atoms with E-state index in [1.165, 1.54) is 11.0 Å². The monoisotopic (exact) mass is 168 g/mol. The van der Waals surface area contributed by atoms with Gasteiger partial charge in [0.1, 0.15) is 6.04 Å². The highest BCUT2D eigenvalue weighted by molar-refractivity contribution is 5.93. The Balaban J connectivity index is 2.54. The first-order chi connectivity index (χ1) is 5.70. The molecular weight excluding hydrogens is 156 g/mol. The molecule has 4 heteroatoms. The highest BCUT2D eigenvalue weighted by atomic mass is 16.2. The van der Waals surface area contributed by atoms with Crippen molar-refractivity contribution in [2.75, 3.05) is 13.6 Å². The van der Waals surface area contributed by atoms with Crippen LogP contribution in [0.3, 0.4) is 0 Å². The first-order valence-electron chi connectivity index (χ1n) is 3.85. The summed E-state index contributed by atoms with van der Waals surface area (Å²) in [5.74, 6) is -0.272. The molecule has 0 bridgehead atoms. The van der Waals surface area contributed by atoms with Gasteiger partial charge >= 0.3 is 0 Å². The van der Waals surface area contributed by atoms with Crippen molar-refractivity contribution in [3.8, 4) is 0 Å². The molecule has 1 heterocycles. The molecule has 1 rings (SSSR count). The van der Waals surface area contributed by atoms with Gasteiger partial charge in [0.15, 0.2) is 0 Å². The number of rotatable bonds is 2. The smallest absolute Gasteiger partial charge is 0.246 e. The average molecular weight is 168 g/mol. The van der Waals surface area contributed by atoms with Crippen LogP contribution in [0.15, 0.2) is 12.7 Å². The summed E-state index contributed by atoms with van der Waals surface area (Å²) in [5, 5.41) is 2.51. The number of nitrogens with zero attached hydrogens (tertiary/aromatic N) is 1. The highest BCUT2D eigenvalue weighted by Crippen LogP contribution is 2.17. The van der Waals surface area contributed by atoms with Crippen molar-refractivity contribution in [1.82, 2.24) is 10.2 Å². The first kappa shape index (κ1) is 8.77. The molecule has 0 spiro atoms. The summed E-state index contributed by atoms with van der Waals surface area (Å²) >= 11 is 0. The van der Waals surface area contributed by atoms with Gasteiger partial charge in [0.2, 0.25) is 11.8 Å². The standard InChI is InChI=1S/C8H12N2O2/c1-3-7(11)10-5-4-6(10)8(12)9-2/h3,6H,1,4-5H2,2H3,(H,9,12). The lowest BCUT2D eigenvalue weighted by atomic mass is 10.0. The van der Waals surface area contributed by atoms with Crippen LogP contribution in [0.5, 0.6) is 0 Å². The van der Waals surface area contributed by atoms with E-state index in [2.05, 4.69) is 11.9 Å². The van der Waals surface area contributed by atoms with Gasteiger partial charge in [0, 0.05) is 13.6 Å². The van der Waals surface area contributed by atoms with Gasteiger partial charge < -0.3 is 10.2 Å². The molecule has 0 aromatic rings. The van der Waals surface area contributed by atoms with Gasteiger partial charge in [-0.3, -0.25) is 9.59 Å². The van der Waals surface area contributed by atoms with E-state index in [1.54, 1.807) is 7.05 Å². The van der Waals surface area contributed by atoms with Crippen LogP contribution in [0.1, 0.15) is 6.42 Å².